The number of nitrogens with zero attached hydrogens (tertiary/aromatic N) is 1. The maximum atomic E-state index is 13.3. The zero-order valence-electron chi connectivity index (χ0n) is 10.0. The van der Waals surface area contributed by atoms with Crippen molar-refractivity contribution in [1.29, 1.82) is 0 Å². The first-order chi connectivity index (χ1) is 9.19. The van der Waals surface area contributed by atoms with Crippen LogP contribution in [0.4, 0.5) is 4.39 Å². The van der Waals surface area contributed by atoms with E-state index in [1.165, 1.54) is 18.3 Å². The SMILES string of the molecule is NN=Cc1cccc(OCc2ccc(Cl)c(F)c2)c1. The number of hydrogen-bond acceptors (Lipinski definition) is 3. The van der Waals surface area contributed by atoms with Crippen molar-refractivity contribution in [3.8, 4) is 5.75 Å². The minimum absolute atomic E-state index is 0.102. The fourth-order valence-electron chi connectivity index (χ4n) is 1.57. The molecule has 0 fully saturated rings. The molecule has 98 valence electrons. The third-order valence-electron chi connectivity index (χ3n) is 2.47. The van der Waals surface area contributed by atoms with Gasteiger partial charge in [0.05, 0.1) is 11.2 Å². The van der Waals surface area contributed by atoms with Gasteiger partial charge in [0.25, 0.3) is 0 Å². The predicted octanol–water partition coefficient (Wildman–Crippen LogP) is 3.35. The smallest absolute Gasteiger partial charge is 0.142 e. The standard InChI is InChI=1S/C14H12ClFN2O/c15-13-5-4-11(7-14(13)16)9-19-12-3-1-2-10(6-12)8-18-17/h1-8H,9,17H2. The Morgan fingerprint density at radius 2 is 2.11 bits per heavy atom. The summed E-state index contributed by atoms with van der Waals surface area (Å²) in [6, 6.07) is 11.9. The molecule has 0 unspecified atom stereocenters. The van der Waals surface area contributed by atoms with Gasteiger partial charge in [-0.1, -0.05) is 29.8 Å². The molecule has 0 saturated heterocycles. The Kier molecular flexibility index (Phi) is 4.36. The third-order valence-corrected chi connectivity index (χ3v) is 2.78. The Labute approximate surface area is 115 Å². The van der Waals surface area contributed by atoms with E-state index in [2.05, 4.69) is 5.10 Å². The molecule has 0 saturated carbocycles. The molecule has 0 aliphatic carbocycles. The molecule has 0 amide bonds. The third kappa shape index (κ3) is 3.69. The molecule has 19 heavy (non-hydrogen) atoms. The summed E-state index contributed by atoms with van der Waals surface area (Å²) in [5, 5.41) is 3.54. The molecule has 0 aliphatic heterocycles. The van der Waals surface area contributed by atoms with Crippen molar-refractivity contribution in [2.24, 2.45) is 10.9 Å². The lowest BCUT2D eigenvalue weighted by atomic mass is 10.2. The zero-order valence-corrected chi connectivity index (χ0v) is 10.8. The fourth-order valence-corrected chi connectivity index (χ4v) is 1.68. The van der Waals surface area contributed by atoms with E-state index < -0.39 is 5.82 Å². The predicted molar refractivity (Wildman–Crippen MR) is 74.0 cm³/mol. The van der Waals surface area contributed by atoms with Crippen LogP contribution < -0.4 is 10.6 Å². The summed E-state index contributed by atoms with van der Waals surface area (Å²) < 4.78 is 18.8. The largest absolute Gasteiger partial charge is 0.489 e. The van der Waals surface area contributed by atoms with E-state index in [9.17, 15) is 4.39 Å². The second-order valence-electron chi connectivity index (χ2n) is 3.89. The van der Waals surface area contributed by atoms with E-state index in [1.54, 1.807) is 18.2 Å². The maximum absolute atomic E-state index is 13.3. The van der Waals surface area contributed by atoms with Crippen LogP contribution in [0.3, 0.4) is 0 Å². The molecule has 0 spiro atoms. The lowest BCUT2D eigenvalue weighted by Crippen LogP contribution is -1.97. The van der Waals surface area contributed by atoms with Crippen molar-refractivity contribution >= 4 is 17.8 Å². The lowest BCUT2D eigenvalue weighted by molar-refractivity contribution is 0.305. The quantitative estimate of drug-likeness (QED) is 0.530. The number of rotatable bonds is 4. The van der Waals surface area contributed by atoms with Crippen molar-refractivity contribution in [2.75, 3.05) is 0 Å². The molecule has 2 N–H and O–H groups in total. The zero-order chi connectivity index (χ0) is 13.7. The van der Waals surface area contributed by atoms with Crippen LogP contribution in [-0.4, -0.2) is 6.21 Å². The van der Waals surface area contributed by atoms with Crippen molar-refractivity contribution in [3.05, 3.63) is 64.4 Å². The van der Waals surface area contributed by atoms with Crippen molar-refractivity contribution in [1.82, 2.24) is 0 Å². The van der Waals surface area contributed by atoms with Gasteiger partial charge in [0, 0.05) is 0 Å². The highest BCUT2D eigenvalue weighted by Crippen LogP contribution is 2.18. The van der Waals surface area contributed by atoms with Crippen molar-refractivity contribution in [3.63, 3.8) is 0 Å². The molecule has 0 heterocycles. The van der Waals surface area contributed by atoms with Gasteiger partial charge in [-0.2, -0.15) is 5.10 Å². The second-order valence-corrected chi connectivity index (χ2v) is 4.29. The summed E-state index contributed by atoms with van der Waals surface area (Å²) in [6.07, 6.45) is 1.52. The molecule has 2 aromatic carbocycles. The Balaban J connectivity index is 2.05. The number of nitrogens with two attached hydrogens (primary N) is 1. The van der Waals surface area contributed by atoms with Crippen molar-refractivity contribution in [2.45, 2.75) is 6.61 Å². The molecule has 2 aromatic rings. The highest BCUT2D eigenvalue weighted by Gasteiger charge is 2.02. The molecule has 3 nitrogen and oxygen atoms in total. The van der Waals surface area contributed by atoms with E-state index in [-0.39, 0.29) is 11.6 Å². The van der Waals surface area contributed by atoms with Gasteiger partial charge in [0.1, 0.15) is 18.2 Å². The van der Waals surface area contributed by atoms with E-state index in [4.69, 9.17) is 22.2 Å². The van der Waals surface area contributed by atoms with Gasteiger partial charge in [-0.3, -0.25) is 0 Å². The van der Waals surface area contributed by atoms with E-state index in [0.717, 1.165) is 5.56 Å². The lowest BCUT2D eigenvalue weighted by Gasteiger charge is -2.07. The van der Waals surface area contributed by atoms with Gasteiger partial charge in [0.2, 0.25) is 0 Å². The maximum Gasteiger partial charge on any atom is 0.142 e. The summed E-state index contributed by atoms with van der Waals surface area (Å²) in [5.74, 6) is 5.29. The summed E-state index contributed by atoms with van der Waals surface area (Å²) >= 11 is 5.61. The number of ether oxygens (including phenoxy) is 1. The minimum Gasteiger partial charge on any atom is -0.489 e. The second kappa shape index (κ2) is 6.20. The van der Waals surface area contributed by atoms with Gasteiger partial charge in [-0.05, 0) is 35.4 Å². The molecular weight excluding hydrogens is 267 g/mol. The van der Waals surface area contributed by atoms with Crippen LogP contribution in [0.5, 0.6) is 5.75 Å². The van der Waals surface area contributed by atoms with Crippen LogP contribution >= 0.6 is 11.6 Å². The monoisotopic (exact) mass is 278 g/mol. The van der Waals surface area contributed by atoms with Gasteiger partial charge < -0.3 is 10.6 Å². The Morgan fingerprint density at radius 3 is 2.84 bits per heavy atom. The van der Waals surface area contributed by atoms with Crippen LogP contribution in [0.15, 0.2) is 47.6 Å². The topological polar surface area (TPSA) is 47.6 Å². The van der Waals surface area contributed by atoms with Crippen molar-refractivity contribution < 1.29 is 9.13 Å². The van der Waals surface area contributed by atoms with Crippen LogP contribution in [0.25, 0.3) is 0 Å². The Morgan fingerprint density at radius 1 is 1.26 bits per heavy atom. The Hall–Kier alpha value is -2.07. The first kappa shape index (κ1) is 13.4. The molecule has 0 atom stereocenters. The van der Waals surface area contributed by atoms with Crippen LogP contribution in [0, 0.1) is 5.82 Å². The first-order valence-corrected chi connectivity index (χ1v) is 5.97. The van der Waals surface area contributed by atoms with E-state index in [0.29, 0.717) is 11.3 Å². The Bertz CT molecular complexity index is 602. The average molecular weight is 279 g/mol. The molecule has 2 rings (SSSR count). The minimum atomic E-state index is -0.452. The van der Waals surface area contributed by atoms with Gasteiger partial charge in [-0.15, -0.1) is 0 Å². The summed E-state index contributed by atoms with van der Waals surface area (Å²) in [4.78, 5) is 0. The highest BCUT2D eigenvalue weighted by molar-refractivity contribution is 6.30. The van der Waals surface area contributed by atoms with E-state index >= 15 is 0 Å². The molecule has 0 aliphatic rings. The number of hydrazone groups is 1. The molecule has 0 bridgehead atoms. The molecule has 0 radical (unpaired) electrons. The fraction of sp³-hybridized carbons (Fsp3) is 0.0714. The van der Waals surface area contributed by atoms with Crippen LogP contribution in [-0.2, 0) is 6.61 Å². The summed E-state index contributed by atoms with van der Waals surface area (Å²) in [7, 11) is 0. The normalized spacial score (nSPS) is 10.8. The average Bonchev–Trinajstić information content (AvgIpc) is 2.41. The van der Waals surface area contributed by atoms with Gasteiger partial charge >= 0.3 is 0 Å². The number of benzene rings is 2. The first-order valence-electron chi connectivity index (χ1n) is 5.59. The van der Waals surface area contributed by atoms with Crippen LogP contribution in [0.2, 0.25) is 5.02 Å². The number of hydrogen-bond donors (Lipinski definition) is 1. The van der Waals surface area contributed by atoms with Gasteiger partial charge in [0.15, 0.2) is 0 Å². The van der Waals surface area contributed by atoms with Crippen LogP contribution in [0.1, 0.15) is 11.1 Å². The molecular formula is C14H12ClFN2O. The number of halogens is 2. The molecule has 5 heteroatoms. The van der Waals surface area contributed by atoms with E-state index in [1.807, 2.05) is 12.1 Å². The van der Waals surface area contributed by atoms with Gasteiger partial charge in [-0.25, -0.2) is 4.39 Å². The molecule has 0 aromatic heterocycles. The highest BCUT2D eigenvalue weighted by atomic mass is 35.5. The summed E-state index contributed by atoms with van der Waals surface area (Å²) in [6.45, 7) is 0.261. The summed E-state index contributed by atoms with van der Waals surface area (Å²) in [5.41, 5.74) is 1.54.